The van der Waals surface area contributed by atoms with E-state index >= 15 is 0 Å². The Labute approximate surface area is 225 Å². The maximum atomic E-state index is 14.0. The molecule has 0 radical (unpaired) electrons. The van der Waals surface area contributed by atoms with Crippen molar-refractivity contribution < 1.29 is 14.3 Å². The Hall–Kier alpha value is -3.16. The molecule has 202 valence electrons. The number of methoxy groups -OCH3 is 1. The van der Waals surface area contributed by atoms with Gasteiger partial charge in [-0.2, -0.15) is 0 Å². The van der Waals surface area contributed by atoms with Crippen LogP contribution in [-0.4, -0.2) is 72.6 Å². The van der Waals surface area contributed by atoms with E-state index in [1.807, 2.05) is 48.3 Å². The monoisotopic (exact) mass is 516 g/mol. The Bertz CT molecular complexity index is 1280. The van der Waals surface area contributed by atoms with E-state index in [1.165, 1.54) is 12.8 Å². The van der Waals surface area contributed by atoms with Crippen molar-refractivity contribution in [1.29, 1.82) is 0 Å². The number of rotatable bonds is 9. The smallest absolute Gasteiger partial charge is 0.254 e. The molecule has 2 atom stereocenters. The van der Waals surface area contributed by atoms with Crippen LogP contribution in [-0.2, 0) is 16.6 Å². The number of likely N-dealkylation sites (tertiary alicyclic amines) is 1. The maximum Gasteiger partial charge on any atom is 0.254 e. The Balaban J connectivity index is 1.45. The number of piperidine rings is 1. The topological polar surface area (TPSA) is 66.8 Å². The fourth-order valence-corrected chi connectivity index (χ4v) is 6.17. The molecular weight excluding hydrogens is 476 g/mol. The Morgan fingerprint density at radius 3 is 2.55 bits per heavy atom. The molecule has 2 aromatic carbocycles. The van der Waals surface area contributed by atoms with Gasteiger partial charge < -0.3 is 24.4 Å². The standard InChI is InChI=1S/C31H40N4O3/c1-22-13-17-34(18-14-22)16-8-15-32-30(36)28-24-10-4-5-11-25(24)31(37)35(19-20-38-3)29(28)26-21-33(2)27-12-7-6-9-23(26)27/h4-7,9-12,21-22,28-29H,8,13-20H2,1-3H3,(H,32,36). The number of aromatic nitrogens is 1. The molecule has 2 aliphatic rings. The van der Waals surface area contributed by atoms with Gasteiger partial charge in [0.15, 0.2) is 0 Å². The summed E-state index contributed by atoms with van der Waals surface area (Å²) in [5.41, 5.74) is 3.47. The molecule has 1 saturated heterocycles. The zero-order chi connectivity index (χ0) is 26.6. The number of benzene rings is 2. The van der Waals surface area contributed by atoms with Crippen LogP contribution in [0.3, 0.4) is 0 Å². The summed E-state index contributed by atoms with van der Waals surface area (Å²) >= 11 is 0. The van der Waals surface area contributed by atoms with Crippen molar-refractivity contribution in [3.8, 4) is 0 Å². The maximum absolute atomic E-state index is 14.0. The molecule has 0 aliphatic carbocycles. The first kappa shape index (κ1) is 26.4. The molecule has 1 N–H and O–H groups in total. The van der Waals surface area contributed by atoms with Crippen LogP contribution in [0.5, 0.6) is 0 Å². The van der Waals surface area contributed by atoms with E-state index in [9.17, 15) is 9.59 Å². The van der Waals surface area contributed by atoms with E-state index in [2.05, 4.69) is 40.0 Å². The summed E-state index contributed by atoms with van der Waals surface area (Å²) in [6, 6.07) is 15.3. The molecular formula is C31H40N4O3. The number of hydrogen-bond acceptors (Lipinski definition) is 4. The first-order valence-corrected chi connectivity index (χ1v) is 13.9. The number of para-hydroxylation sites is 1. The van der Waals surface area contributed by atoms with Crippen LogP contribution in [0.2, 0.25) is 0 Å². The molecule has 7 heteroatoms. The van der Waals surface area contributed by atoms with Crippen LogP contribution in [0.1, 0.15) is 59.6 Å². The minimum atomic E-state index is -0.512. The van der Waals surface area contributed by atoms with E-state index in [-0.39, 0.29) is 11.8 Å². The van der Waals surface area contributed by atoms with Gasteiger partial charge in [-0.25, -0.2) is 0 Å². The number of hydrogen-bond donors (Lipinski definition) is 1. The SMILES string of the molecule is COCCN1C(=O)c2ccccc2C(C(=O)NCCCN2CCC(C)CC2)C1c1cn(C)c2ccccc12. The van der Waals surface area contributed by atoms with Crippen LogP contribution in [0, 0.1) is 5.92 Å². The lowest BCUT2D eigenvalue weighted by Gasteiger charge is -2.41. The average Bonchev–Trinajstić information content (AvgIpc) is 3.27. The molecule has 2 unspecified atom stereocenters. The van der Waals surface area contributed by atoms with Crippen LogP contribution in [0.4, 0.5) is 0 Å². The fourth-order valence-electron chi connectivity index (χ4n) is 6.17. The highest BCUT2D eigenvalue weighted by Gasteiger charge is 2.44. The van der Waals surface area contributed by atoms with Crippen LogP contribution in [0.25, 0.3) is 10.9 Å². The molecule has 0 bridgehead atoms. The van der Waals surface area contributed by atoms with Crippen LogP contribution in [0.15, 0.2) is 54.7 Å². The molecule has 7 nitrogen and oxygen atoms in total. The van der Waals surface area contributed by atoms with Crippen molar-refractivity contribution in [2.45, 2.75) is 38.1 Å². The summed E-state index contributed by atoms with van der Waals surface area (Å²) in [6.45, 7) is 7.05. The van der Waals surface area contributed by atoms with Crippen molar-refractivity contribution in [3.05, 3.63) is 71.4 Å². The number of nitrogens with zero attached hydrogens (tertiary/aromatic N) is 3. The van der Waals surface area contributed by atoms with Crippen molar-refractivity contribution in [2.24, 2.45) is 13.0 Å². The molecule has 3 aromatic rings. The Morgan fingerprint density at radius 2 is 1.76 bits per heavy atom. The predicted molar refractivity (Wildman–Crippen MR) is 150 cm³/mol. The lowest BCUT2D eigenvalue weighted by molar-refractivity contribution is -0.124. The molecule has 3 heterocycles. The van der Waals surface area contributed by atoms with Crippen LogP contribution >= 0.6 is 0 Å². The summed E-state index contributed by atoms with van der Waals surface area (Å²) in [7, 11) is 3.66. The van der Waals surface area contributed by atoms with Gasteiger partial charge in [0, 0.05) is 55.5 Å². The zero-order valence-electron chi connectivity index (χ0n) is 22.9. The van der Waals surface area contributed by atoms with Gasteiger partial charge in [-0.05, 0) is 62.5 Å². The highest BCUT2D eigenvalue weighted by Crippen LogP contribution is 2.45. The summed E-state index contributed by atoms with van der Waals surface area (Å²) in [5.74, 6) is 0.214. The van der Waals surface area contributed by atoms with Gasteiger partial charge in [0.25, 0.3) is 5.91 Å². The normalized spacial score (nSPS) is 20.6. The Kier molecular flexibility index (Phi) is 8.15. The molecule has 0 spiro atoms. The van der Waals surface area contributed by atoms with E-state index in [0.29, 0.717) is 25.3 Å². The molecule has 0 saturated carbocycles. The van der Waals surface area contributed by atoms with Gasteiger partial charge in [-0.1, -0.05) is 43.3 Å². The minimum Gasteiger partial charge on any atom is -0.383 e. The number of fused-ring (bicyclic) bond motifs is 2. The fraction of sp³-hybridized carbons (Fsp3) is 0.484. The summed E-state index contributed by atoms with van der Waals surface area (Å²) in [6.07, 6.45) is 5.50. The second-order valence-corrected chi connectivity index (χ2v) is 10.9. The number of carbonyl (C=O) groups excluding carboxylic acids is 2. The lowest BCUT2D eigenvalue weighted by Crippen LogP contribution is -2.48. The number of carbonyl (C=O) groups is 2. The number of aryl methyl sites for hydroxylation is 1. The van der Waals surface area contributed by atoms with Crippen molar-refractivity contribution in [3.63, 3.8) is 0 Å². The molecule has 2 amide bonds. The second-order valence-electron chi connectivity index (χ2n) is 10.9. The van der Waals surface area contributed by atoms with E-state index in [1.54, 1.807) is 7.11 Å². The van der Waals surface area contributed by atoms with E-state index < -0.39 is 12.0 Å². The number of ether oxygens (including phenoxy) is 1. The summed E-state index contributed by atoms with van der Waals surface area (Å²) in [4.78, 5) is 32.2. The Morgan fingerprint density at radius 1 is 1.03 bits per heavy atom. The molecule has 2 aliphatic heterocycles. The highest BCUT2D eigenvalue weighted by molar-refractivity contribution is 6.02. The first-order chi connectivity index (χ1) is 18.5. The molecule has 5 rings (SSSR count). The largest absolute Gasteiger partial charge is 0.383 e. The number of nitrogens with one attached hydrogen (secondary N) is 1. The molecule has 1 fully saturated rings. The highest BCUT2D eigenvalue weighted by atomic mass is 16.5. The quantitative estimate of drug-likeness (QED) is 0.430. The van der Waals surface area contributed by atoms with Gasteiger partial charge in [0.05, 0.1) is 18.6 Å². The zero-order valence-corrected chi connectivity index (χ0v) is 22.9. The molecule has 38 heavy (non-hydrogen) atoms. The lowest BCUT2D eigenvalue weighted by atomic mass is 9.79. The minimum absolute atomic E-state index is 0.0300. The van der Waals surface area contributed by atoms with Gasteiger partial charge in [-0.15, -0.1) is 0 Å². The second kappa shape index (κ2) is 11.7. The predicted octanol–water partition coefficient (Wildman–Crippen LogP) is 4.34. The number of amides is 2. The third kappa shape index (κ3) is 5.22. The van der Waals surface area contributed by atoms with E-state index in [4.69, 9.17) is 4.74 Å². The molecule has 1 aromatic heterocycles. The average molecular weight is 517 g/mol. The third-order valence-corrected chi connectivity index (χ3v) is 8.33. The first-order valence-electron chi connectivity index (χ1n) is 13.9. The van der Waals surface area contributed by atoms with Gasteiger partial charge in [-0.3, -0.25) is 9.59 Å². The third-order valence-electron chi connectivity index (χ3n) is 8.33. The van der Waals surface area contributed by atoms with Gasteiger partial charge in [0.1, 0.15) is 0 Å². The van der Waals surface area contributed by atoms with Crippen LogP contribution < -0.4 is 5.32 Å². The van der Waals surface area contributed by atoms with Gasteiger partial charge >= 0.3 is 0 Å². The van der Waals surface area contributed by atoms with Crippen molar-refractivity contribution in [1.82, 2.24) is 19.7 Å². The summed E-state index contributed by atoms with van der Waals surface area (Å²) < 4.78 is 7.47. The van der Waals surface area contributed by atoms with Gasteiger partial charge in [0.2, 0.25) is 5.91 Å². The van der Waals surface area contributed by atoms with Crippen molar-refractivity contribution >= 4 is 22.7 Å². The van der Waals surface area contributed by atoms with E-state index in [0.717, 1.165) is 54.0 Å². The summed E-state index contributed by atoms with van der Waals surface area (Å²) in [5, 5.41) is 4.31. The van der Waals surface area contributed by atoms with Crippen molar-refractivity contribution in [2.75, 3.05) is 46.4 Å².